The highest BCUT2D eigenvalue weighted by Crippen LogP contribution is 2.30. The summed E-state index contributed by atoms with van der Waals surface area (Å²) >= 11 is 6.05. The maximum atomic E-state index is 13.3. The summed E-state index contributed by atoms with van der Waals surface area (Å²) in [5, 5.41) is 23.6. The fourth-order valence-corrected chi connectivity index (χ4v) is 4.27. The van der Waals surface area contributed by atoms with E-state index >= 15 is 0 Å². The third-order valence-electron chi connectivity index (χ3n) is 5.79. The molecule has 0 bridgehead atoms. The number of pyridine rings is 1. The number of benzene rings is 2. The number of rotatable bonds is 7. The van der Waals surface area contributed by atoms with Gasteiger partial charge in [-0.25, -0.2) is 9.31 Å². The van der Waals surface area contributed by atoms with Crippen LogP contribution in [0.3, 0.4) is 0 Å². The maximum absolute atomic E-state index is 13.3. The van der Waals surface area contributed by atoms with Gasteiger partial charge in [-0.05, 0) is 29.3 Å². The van der Waals surface area contributed by atoms with Crippen LogP contribution in [0.2, 0.25) is 5.02 Å². The zero-order chi connectivity index (χ0) is 24.5. The topological polar surface area (TPSA) is 112 Å². The highest BCUT2D eigenvalue weighted by molar-refractivity contribution is 6.30. The lowest BCUT2D eigenvalue weighted by atomic mass is 10.1. The summed E-state index contributed by atoms with van der Waals surface area (Å²) in [6.07, 6.45) is 1.62. The Kier molecular flexibility index (Phi) is 6.02. The highest BCUT2D eigenvalue weighted by atomic mass is 35.5. The van der Waals surface area contributed by atoms with Gasteiger partial charge in [-0.15, -0.1) is 10.2 Å². The molecule has 5 rings (SSSR count). The number of halogens is 1. The molecule has 35 heavy (non-hydrogen) atoms. The Morgan fingerprint density at radius 3 is 2.51 bits per heavy atom. The van der Waals surface area contributed by atoms with E-state index in [1.165, 1.54) is 10.8 Å². The van der Waals surface area contributed by atoms with Crippen molar-refractivity contribution in [1.82, 2.24) is 24.4 Å². The van der Waals surface area contributed by atoms with E-state index in [9.17, 15) is 14.7 Å². The monoisotopic (exact) mass is 489 g/mol. The highest BCUT2D eigenvalue weighted by Gasteiger charge is 2.24. The SMILES string of the molecule is COCc1nn2c(nnc3c(=O)n([C@@H](Cc4ccccc4)C(=O)O)ccc32)c1-c1ccc(Cl)cc1. The minimum absolute atomic E-state index is 0.0217. The van der Waals surface area contributed by atoms with E-state index in [2.05, 4.69) is 15.3 Å². The molecule has 2 aromatic carbocycles. The van der Waals surface area contributed by atoms with E-state index in [4.69, 9.17) is 16.3 Å². The Bertz CT molecular complexity index is 1600. The van der Waals surface area contributed by atoms with E-state index in [1.807, 2.05) is 42.5 Å². The number of hydrogen-bond acceptors (Lipinski definition) is 6. The average molecular weight is 490 g/mol. The predicted molar refractivity (Wildman–Crippen MR) is 131 cm³/mol. The summed E-state index contributed by atoms with van der Waals surface area (Å²) in [5.74, 6) is -1.11. The van der Waals surface area contributed by atoms with Crippen LogP contribution in [-0.4, -0.2) is 42.6 Å². The fourth-order valence-electron chi connectivity index (χ4n) is 4.14. The number of fused-ring (bicyclic) bond motifs is 3. The number of aliphatic carboxylic acids is 1. The van der Waals surface area contributed by atoms with E-state index in [0.717, 1.165) is 16.7 Å². The Balaban J connectivity index is 1.67. The summed E-state index contributed by atoms with van der Waals surface area (Å²) < 4.78 is 8.05. The van der Waals surface area contributed by atoms with Crippen molar-refractivity contribution in [3.8, 4) is 11.1 Å². The second kappa shape index (κ2) is 9.28. The van der Waals surface area contributed by atoms with Crippen molar-refractivity contribution in [2.45, 2.75) is 19.1 Å². The molecule has 0 aliphatic carbocycles. The first-order chi connectivity index (χ1) is 17.0. The van der Waals surface area contributed by atoms with Gasteiger partial charge in [0.1, 0.15) is 11.6 Å². The van der Waals surface area contributed by atoms with Gasteiger partial charge in [-0.1, -0.05) is 54.1 Å². The first-order valence-corrected chi connectivity index (χ1v) is 11.2. The molecule has 0 amide bonds. The van der Waals surface area contributed by atoms with Gasteiger partial charge in [-0.2, -0.15) is 5.10 Å². The number of ether oxygens (including phenoxy) is 1. The second-order valence-corrected chi connectivity index (χ2v) is 8.44. The quantitative estimate of drug-likeness (QED) is 0.370. The standard InChI is InChI=1S/C25H20ClN5O4/c1-35-14-18-21(16-7-9-17(26)10-8-16)23-28-27-22-19(31(23)29-18)11-12-30(24(22)32)20(25(33)34)13-15-5-3-2-4-6-15/h2-12,20H,13-14H2,1H3,(H,33,34)/t20-/m0/s1. The molecule has 3 aromatic heterocycles. The Hall–Kier alpha value is -4.08. The lowest BCUT2D eigenvalue weighted by molar-refractivity contribution is -0.141. The molecule has 0 aliphatic rings. The Morgan fingerprint density at radius 1 is 1.09 bits per heavy atom. The molecule has 176 valence electrons. The van der Waals surface area contributed by atoms with Gasteiger partial charge in [0.05, 0.1) is 17.9 Å². The molecule has 0 saturated carbocycles. The molecular formula is C25H20ClN5O4. The third-order valence-corrected chi connectivity index (χ3v) is 6.04. The van der Waals surface area contributed by atoms with Crippen molar-refractivity contribution in [3.63, 3.8) is 0 Å². The van der Waals surface area contributed by atoms with Crippen LogP contribution >= 0.6 is 11.6 Å². The van der Waals surface area contributed by atoms with Gasteiger partial charge in [0, 0.05) is 24.8 Å². The van der Waals surface area contributed by atoms with Gasteiger partial charge in [-0.3, -0.25) is 9.36 Å². The van der Waals surface area contributed by atoms with Crippen molar-refractivity contribution < 1.29 is 14.6 Å². The molecule has 9 nitrogen and oxygen atoms in total. The zero-order valence-corrected chi connectivity index (χ0v) is 19.4. The summed E-state index contributed by atoms with van der Waals surface area (Å²) in [7, 11) is 1.57. The van der Waals surface area contributed by atoms with Crippen LogP contribution in [-0.2, 0) is 22.6 Å². The maximum Gasteiger partial charge on any atom is 0.327 e. The van der Waals surface area contributed by atoms with E-state index in [1.54, 1.807) is 29.8 Å². The zero-order valence-electron chi connectivity index (χ0n) is 18.6. The van der Waals surface area contributed by atoms with E-state index < -0.39 is 17.6 Å². The lowest BCUT2D eigenvalue weighted by Gasteiger charge is -2.16. The number of carboxylic acid groups (broad SMARTS) is 1. The summed E-state index contributed by atoms with van der Waals surface area (Å²) in [4.78, 5) is 25.4. The summed E-state index contributed by atoms with van der Waals surface area (Å²) in [6.45, 7) is 0.220. The number of hydrogen-bond donors (Lipinski definition) is 1. The van der Waals surface area contributed by atoms with Crippen molar-refractivity contribution in [2.75, 3.05) is 7.11 Å². The molecule has 0 spiro atoms. The number of methoxy groups -OCH3 is 1. The van der Waals surface area contributed by atoms with Crippen molar-refractivity contribution in [1.29, 1.82) is 0 Å². The van der Waals surface area contributed by atoms with Crippen LogP contribution in [0, 0.1) is 0 Å². The Morgan fingerprint density at radius 2 is 1.83 bits per heavy atom. The predicted octanol–water partition coefficient (Wildman–Crippen LogP) is 3.77. The number of nitrogens with zero attached hydrogens (tertiary/aromatic N) is 5. The van der Waals surface area contributed by atoms with Crippen molar-refractivity contribution in [2.24, 2.45) is 0 Å². The van der Waals surface area contributed by atoms with Gasteiger partial charge in [0.25, 0.3) is 5.56 Å². The molecule has 5 aromatic rings. The molecule has 0 saturated heterocycles. The number of aromatic nitrogens is 5. The third kappa shape index (κ3) is 4.16. The average Bonchev–Trinajstić information content (AvgIpc) is 3.23. The van der Waals surface area contributed by atoms with Gasteiger partial charge in [0.2, 0.25) is 0 Å². The lowest BCUT2D eigenvalue weighted by Crippen LogP contribution is -2.31. The molecule has 0 radical (unpaired) electrons. The van der Waals surface area contributed by atoms with Crippen LogP contribution < -0.4 is 5.56 Å². The van der Waals surface area contributed by atoms with E-state index in [0.29, 0.717) is 21.9 Å². The van der Waals surface area contributed by atoms with E-state index in [-0.39, 0.29) is 18.5 Å². The first-order valence-electron chi connectivity index (χ1n) is 10.8. The summed E-state index contributed by atoms with van der Waals surface area (Å²) in [5.41, 5.74) is 3.29. The van der Waals surface area contributed by atoms with Crippen LogP contribution in [0.15, 0.2) is 71.7 Å². The normalized spacial score (nSPS) is 12.3. The van der Waals surface area contributed by atoms with Crippen molar-refractivity contribution in [3.05, 3.63) is 93.5 Å². The molecule has 1 atom stereocenters. The molecule has 0 unspecified atom stereocenters. The van der Waals surface area contributed by atoms with Crippen LogP contribution in [0.5, 0.6) is 0 Å². The number of carbonyl (C=O) groups is 1. The number of carboxylic acids is 1. The van der Waals surface area contributed by atoms with Crippen molar-refractivity contribution >= 4 is 34.3 Å². The van der Waals surface area contributed by atoms with Gasteiger partial charge < -0.3 is 9.84 Å². The van der Waals surface area contributed by atoms with Crippen LogP contribution in [0.1, 0.15) is 17.3 Å². The minimum Gasteiger partial charge on any atom is -0.480 e. The first kappa shape index (κ1) is 22.7. The largest absolute Gasteiger partial charge is 0.480 e. The van der Waals surface area contributed by atoms with Crippen LogP contribution in [0.25, 0.3) is 27.8 Å². The van der Waals surface area contributed by atoms with Gasteiger partial charge in [0.15, 0.2) is 11.2 Å². The molecule has 10 heteroatoms. The molecule has 0 aliphatic heterocycles. The van der Waals surface area contributed by atoms with Crippen LogP contribution in [0.4, 0.5) is 0 Å². The molecular weight excluding hydrogens is 470 g/mol. The van der Waals surface area contributed by atoms with Gasteiger partial charge >= 0.3 is 5.97 Å². The molecule has 1 N–H and O–H groups in total. The fraction of sp³-hybridized carbons (Fsp3) is 0.160. The second-order valence-electron chi connectivity index (χ2n) is 8.00. The smallest absolute Gasteiger partial charge is 0.327 e. The Labute approximate surface area is 204 Å². The molecule has 3 heterocycles. The summed E-state index contributed by atoms with van der Waals surface area (Å²) in [6, 6.07) is 16.9. The molecule has 0 fully saturated rings. The minimum atomic E-state index is -1.11.